The molecular weight excluding hydrogens is 849 g/mol. The zero-order valence-electron chi connectivity index (χ0n) is 37.8. The molecule has 0 bridgehead atoms. The maximum absolute atomic E-state index is 6.67. The Morgan fingerprint density at radius 2 is 0.486 bits per heavy atom. The highest BCUT2D eigenvalue weighted by atomic mass is 16.5. The lowest BCUT2D eigenvalue weighted by atomic mass is 9.80. The zero-order chi connectivity index (χ0) is 45.6. The zero-order valence-corrected chi connectivity index (χ0v) is 37.8. The Morgan fingerprint density at radius 1 is 0.171 bits per heavy atom. The molecule has 16 rings (SSSR count). The Hall–Kier alpha value is -9.24. The minimum Gasteiger partial charge on any atom is -0.456 e. The van der Waals surface area contributed by atoms with Crippen LogP contribution in [0.25, 0.3) is 142 Å². The number of hydrogen-bond donors (Lipinski definition) is 0. The second-order valence-electron chi connectivity index (χ2n) is 18.9. The molecule has 2 heteroatoms. The molecule has 0 aliphatic carbocycles. The van der Waals surface area contributed by atoms with Gasteiger partial charge in [0.1, 0.15) is 23.0 Å². The monoisotopic (exact) mass is 886 g/mol. The molecule has 0 saturated heterocycles. The van der Waals surface area contributed by atoms with Gasteiger partial charge in [0.15, 0.2) is 0 Å². The summed E-state index contributed by atoms with van der Waals surface area (Å²) in [6, 6.07) is 84.9. The highest BCUT2D eigenvalue weighted by Crippen LogP contribution is 2.55. The topological polar surface area (TPSA) is 18.5 Å². The van der Waals surface area contributed by atoms with Crippen molar-refractivity contribution in [1.29, 1.82) is 0 Å². The molecular formula is C68H38O2. The Labute approximate surface area is 403 Å². The van der Waals surface area contributed by atoms with Gasteiger partial charge in [-0.15, -0.1) is 0 Å². The van der Waals surface area contributed by atoms with Crippen LogP contribution >= 0.6 is 0 Å². The summed E-state index contributed by atoms with van der Waals surface area (Å²) < 4.78 is 13.3. The first kappa shape index (κ1) is 37.8. The average Bonchev–Trinajstić information content (AvgIpc) is 3.42. The summed E-state index contributed by atoms with van der Waals surface area (Å²) in [7, 11) is 0. The fraction of sp³-hybridized carbons (Fsp3) is 0. The van der Waals surface area contributed by atoms with E-state index in [1.165, 1.54) is 120 Å². The van der Waals surface area contributed by atoms with Gasteiger partial charge in [-0.3, -0.25) is 0 Å². The third-order valence-electron chi connectivity index (χ3n) is 15.4. The van der Waals surface area contributed by atoms with Gasteiger partial charge in [0, 0.05) is 21.9 Å². The van der Waals surface area contributed by atoms with Crippen LogP contribution in [0.3, 0.4) is 0 Å². The van der Waals surface area contributed by atoms with Crippen LogP contribution in [-0.4, -0.2) is 0 Å². The normalized spacial score (nSPS) is 12.5. The molecule has 0 radical (unpaired) electrons. The molecule has 0 unspecified atom stereocenters. The molecule has 2 aliphatic heterocycles. The van der Waals surface area contributed by atoms with Crippen LogP contribution in [-0.2, 0) is 0 Å². The van der Waals surface area contributed by atoms with E-state index in [1.807, 2.05) is 0 Å². The van der Waals surface area contributed by atoms with E-state index >= 15 is 0 Å². The minimum atomic E-state index is 0.888. The molecule has 2 heterocycles. The maximum atomic E-state index is 6.67. The van der Waals surface area contributed by atoms with Crippen molar-refractivity contribution in [3.63, 3.8) is 0 Å². The van der Waals surface area contributed by atoms with E-state index in [4.69, 9.17) is 9.47 Å². The van der Waals surface area contributed by atoms with Gasteiger partial charge in [-0.1, -0.05) is 194 Å². The van der Waals surface area contributed by atoms with Crippen LogP contribution in [0.5, 0.6) is 23.0 Å². The van der Waals surface area contributed by atoms with Crippen molar-refractivity contribution >= 4 is 75.4 Å². The Balaban J connectivity index is 1.07. The summed E-state index contributed by atoms with van der Waals surface area (Å²) in [5, 5.41) is 17.0. The van der Waals surface area contributed by atoms with Crippen LogP contribution in [0, 0.1) is 0 Å². The SMILES string of the molecule is c1ccc2c(c1)Oc1ccc(-c3cc(-c4cccc5ccccc45)c4ccc5c(-c6ccc7c8c(cccc68)-c6ccccc6O7)cc(-c6cccc7ccccc67)c6ccc3c4c65)c3cccc-2c13. The van der Waals surface area contributed by atoms with Crippen molar-refractivity contribution in [3.05, 3.63) is 231 Å². The fourth-order valence-electron chi connectivity index (χ4n) is 12.4. The summed E-state index contributed by atoms with van der Waals surface area (Å²) in [6.45, 7) is 0. The van der Waals surface area contributed by atoms with Crippen LogP contribution in [0.4, 0.5) is 0 Å². The lowest BCUT2D eigenvalue weighted by molar-refractivity contribution is 0.487. The molecule has 70 heavy (non-hydrogen) atoms. The molecule has 0 N–H and O–H groups in total. The number of fused-ring (bicyclic) bond motifs is 6. The largest absolute Gasteiger partial charge is 0.456 e. The Morgan fingerprint density at radius 3 is 0.943 bits per heavy atom. The Bertz CT molecular complexity index is 4290. The average molecular weight is 887 g/mol. The van der Waals surface area contributed by atoms with Gasteiger partial charge in [-0.25, -0.2) is 0 Å². The van der Waals surface area contributed by atoms with Crippen molar-refractivity contribution in [1.82, 2.24) is 0 Å². The van der Waals surface area contributed by atoms with E-state index in [2.05, 4.69) is 231 Å². The molecule has 0 saturated carbocycles. The molecule has 322 valence electrons. The van der Waals surface area contributed by atoms with Gasteiger partial charge in [0.2, 0.25) is 0 Å². The number of para-hydroxylation sites is 2. The highest BCUT2D eigenvalue weighted by Gasteiger charge is 2.27. The molecule has 0 aromatic heterocycles. The predicted molar refractivity (Wildman–Crippen MR) is 293 cm³/mol. The third kappa shape index (κ3) is 5.17. The first-order chi connectivity index (χ1) is 34.7. The molecule has 0 spiro atoms. The molecule has 0 atom stereocenters. The summed E-state index contributed by atoms with van der Waals surface area (Å²) in [5.74, 6) is 3.56. The summed E-state index contributed by atoms with van der Waals surface area (Å²) in [5.41, 5.74) is 14.2. The molecule has 2 aliphatic rings. The van der Waals surface area contributed by atoms with Crippen LogP contribution in [0.2, 0.25) is 0 Å². The lowest BCUT2D eigenvalue weighted by Crippen LogP contribution is -1.99. The number of benzene rings is 14. The Kier molecular flexibility index (Phi) is 7.64. The number of ether oxygens (including phenoxy) is 2. The predicted octanol–water partition coefficient (Wildman–Crippen LogP) is 19.4. The number of rotatable bonds is 4. The van der Waals surface area contributed by atoms with E-state index in [1.54, 1.807) is 0 Å². The third-order valence-corrected chi connectivity index (χ3v) is 15.4. The number of hydrogen-bond acceptors (Lipinski definition) is 2. The fourth-order valence-corrected chi connectivity index (χ4v) is 12.4. The summed E-state index contributed by atoms with van der Waals surface area (Å²) >= 11 is 0. The van der Waals surface area contributed by atoms with E-state index in [0.29, 0.717) is 0 Å². The van der Waals surface area contributed by atoms with Crippen molar-refractivity contribution in [2.24, 2.45) is 0 Å². The highest BCUT2D eigenvalue weighted by molar-refractivity contribution is 6.34. The first-order valence-corrected chi connectivity index (χ1v) is 24.1. The summed E-state index contributed by atoms with van der Waals surface area (Å²) in [6.07, 6.45) is 0. The lowest BCUT2D eigenvalue weighted by Gasteiger charge is -2.25. The second-order valence-corrected chi connectivity index (χ2v) is 18.9. The maximum Gasteiger partial charge on any atom is 0.135 e. The quantitative estimate of drug-likeness (QED) is 0.164. The van der Waals surface area contributed by atoms with E-state index in [9.17, 15) is 0 Å². The summed E-state index contributed by atoms with van der Waals surface area (Å²) in [4.78, 5) is 0. The molecule has 0 fully saturated rings. The molecule has 2 nitrogen and oxygen atoms in total. The molecule has 0 amide bonds. The van der Waals surface area contributed by atoms with E-state index in [0.717, 1.165) is 44.9 Å². The van der Waals surface area contributed by atoms with E-state index in [-0.39, 0.29) is 0 Å². The smallest absolute Gasteiger partial charge is 0.135 e. The van der Waals surface area contributed by atoms with Crippen LogP contribution in [0.15, 0.2) is 231 Å². The molecule has 14 aromatic carbocycles. The van der Waals surface area contributed by atoms with Crippen LogP contribution in [0.1, 0.15) is 0 Å². The van der Waals surface area contributed by atoms with Crippen molar-refractivity contribution in [2.75, 3.05) is 0 Å². The minimum absolute atomic E-state index is 0.888. The standard InChI is InChI=1S/C68H38O2/c1-3-17-41-39(13-1)15-9-21-43(41)57-37-59(45-33-35-63-65-49(45)23-11-25-51(65)47-19-5-7-27-61(47)69-63)55-32-30-54-58(44-22-10-16-40-14-2-4-18-42(40)44)38-60(56-31-29-53(57)67(55)68(54)56)46-34-36-64-66-50(46)24-12-26-52(66)48-20-6-8-28-62(48)70-64/h1-38H. The van der Waals surface area contributed by atoms with Gasteiger partial charge in [-0.05, 0) is 157 Å². The van der Waals surface area contributed by atoms with Gasteiger partial charge < -0.3 is 9.47 Å². The van der Waals surface area contributed by atoms with E-state index < -0.39 is 0 Å². The van der Waals surface area contributed by atoms with Gasteiger partial charge >= 0.3 is 0 Å². The van der Waals surface area contributed by atoms with Crippen molar-refractivity contribution in [2.45, 2.75) is 0 Å². The second kappa shape index (κ2) is 14.1. The van der Waals surface area contributed by atoms with Gasteiger partial charge in [0.05, 0.1) is 0 Å². The molecule has 14 aromatic rings. The van der Waals surface area contributed by atoms with Crippen LogP contribution < -0.4 is 9.47 Å². The first-order valence-electron chi connectivity index (χ1n) is 24.1. The van der Waals surface area contributed by atoms with Gasteiger partial charge in [-0.2, -0.15) is 0 Å². The van der Waals surface area contributed by atoms with Crippen molar-refractivity contribution < 1.29 is 9.47 Å². The van der Waals surface area contributed by atoms with Gasteiger partial charge in [0.25, 0.3) is 0 Å². The van der Waals surface area contributed by atoms with Crippen molar-refractivity contribution in [3.8, 4) is 89.8 Å².